The van der Waals surface area contributed by atoms with Crippen molar-refractivity contribution in [2.45, 2.75) is 0 Å². The predicted octanol–water partition coefficient (Wildman–Crippen LogP) is 2.43. The number of nitrogens with one attached hydrogen (secondary N) is 1. The first-order valence-electron chi connectivity index (χ1n) is 3.87. The van der Waals surface area contributed by atoms with Crippen LogP contribution >= 0.6 is 11.6 Å². The van der Waals surface area contributed by atoms with Crippen molar-refractivity contribution in [3.8, 4) is 12.3 Å². The largest absolute Gasteiger partial charge is 0.369 e. The fourth-order valence-electron chi connectivity index (χ4n) is 0.975. The third-order valence-electron chi connectivity index (χ3n) is 1.62. The van der Waals surface area contributed by atoms with Gasteiger partial charge in [-0.3, -0.25) is 10.1 Å². The molecule has 0 spiro atoms. The number of hydrogen-bond acceptors (Lipinski definition) is 3. The summed E-state index contributed by atoms with van der Waals surface area (Å²) >= 11 is 5.48. The molecular formula is C9H6ClFN2O2. The van der Waals surface area contributed by atoms with Gasteiger partial charge in [0.05, 0.1) is 22.6 Å². The second kappa shape index (κ2) is 4.62. The van der Waals surface area contributed by atoms with Crippen molar-refractivity contribution in [2.75, 3.05) is 11.9 Å². The molecule has 1 N–H and O–H groups in total. The zero-order valence-corrected chi connectivity index (χ0v) is 8.21. The molecule has 0 saturated carbocycles. The molecule has 78 valence electrons. The highest BCUT2D eigenvalue weighted by Crippen LogP contribution is 2.29. The number of nitro groups is 1. The minimum Gasteiger partial charge on any atom is -0.369 e. The van der Waals surface area contributed by atoms with Gasteiger partial charge in [0.2, 0.25) is 0 Å². The Labute approximate surface area is 90.2 Å². The summed E-state index contributed by atoms with van der Waals surface area (Å²) < 4.78 is 12.9. The van der Waals surface area contributed by atoms with Gasteiger partial charge in [-0.1, -0.05) is 17.5 Å². The quantitative estimate of drug-likeness (QED) is 0.491. The Hall–Kier alpha value is -1.80. The monoisotopic (exact) mass is 228 g/mol. The van der Waals surface area contributed by atoms with Crippen molar-refractivity contribution in [3.05, 3.63) is 33.1 Å². The van der Waals surface area contributed by atoms with E-state index in [-0.39, 0.29) is 17.3 Å². The smallest absolute Gasteiger partial charge is 0.295 e. The molecule has 1 aromatic rings. The average molecular weight is 229 g/mol. The zero-order chi connectivity index (χ0) is 11.4. The Balaban J connectivity index is 3.17. The fraction of sp³-hybridized carbons (Fsp3) is 0.111. The van der Waals surface area contributed by atoms with Crippen molar-refractivity contribution < 1.29 is 9.31 Å². The normalized spacial score (nSPS) is 9.40. The van der Waals surface area contributed by atoms with Crippen LogP contribution in [0.15, 0.2) is 12.1 Å². The summed E-state index contributed by atoms with van der Waals surface area (Å²) in [4.78, 5) is 9.84. The molecule has 0 radical (unpaired) electrons. The summed E-state index contributed by atoms with van der Waals surface area (Å²) in [6.45, 7) is 0.100. The highest BCUT2D eigenvalue weighted by Gasteiger charge is 2.17. The molecule has 0 unspecified atom stereocenters. The van der Waals surface area contributed by atoms with Gasteiger partial charge in [-0.25, -0.2) is 4.39 Å². The van der Waals surface area contributed by atoms with Crippen molar-refractivity contribution in [1.29, 1.82) is 0 Å². The van der Waals surface area contributed by atoms with Crippen LogP contribution < -0.4 is 5.32 Å². The average Bonchev–Trinajstić information content (AvgIpc) is 2.19. The molecule has 6 heteroatoms. The number of benzene rings is 1. The van der Waals surface area contributed by atoms with Crippen molar-refractivity contribution in [3.63, 3.8) is 0 Å². The maximum atomic E-state index is 12.9. The molecule has 0 atom stereocenters. The Morgan fingerprint density at radius 1 is 1.67 bits per heavy atom. The van der Waals surface area contributed by atoms with Gasteiger partial charge in [0.15, 0.2) is 0 Å². The summed E-state index contributed by atoms with van der Waals surface area (Å²) in [5.41, 5.74) is -0.295. The molecule has 0 amide bonds. The second-order valence-electron chi connectivity index (χ2n) is 2.60. The van der Waals surface area contributed by atoms with Gasteiger partial charge in [-0.15, -0.1) is 6.42 Å². The topological polar surface area (TPSA) is 55.2 Å². The van der Waals surface area contributed by atoms with E-state index in [0.29, 0.717) is 0 Å². The van der Waals surface area contributed by atoms with Gasteiger partial charge in [0, 0.05) is 0 Å². The van der Waals surface area contributed by atoms with E-state index in [9.17, 15) is 14.5 Å². The summed E-state index contributed by atoms with van der Waals surface area (Å²) in [5.74, 6) is 1.41. The van der Waals surface area contributed by atoms with E-state index in [0.717, 1.165) is 12.1 Å². The molecule has 0 aliphatic heterocycles. The molecule has 0 aliphatic rings. The molecule has 4 nitrogen and oxygen atoms in total. The van der Waals surface area contributed by atoms with Crippen molar-refractivity contribution in [2.24, 2.45) is 0 Å². The Kier molecular flexibility index (Phi) is 3.47. The summed E-state index contributed by atoms with van der Waals surface area (Å²) in [7, 11) is 0. The highest BCUT2D eigenvalue weighted by atomic mass is 35.5. The van der Waals surface area contributed by atoms with E-state index in [1.165, 1.54) is 0 Å². The van der Waals surface area contributed by atoms with Crippen LogP contribution in [0.1, 0.15) is 0 Å². The SMILES string of the molecule is C#CCNc1cc(Cl)c(F)cc1[N+](=O)[O-]. The Morgan fingerprint density at radius 3 is 2.87 bits per heavy atom. The Morgan fingerprint density at radius 2 is 2.33 bits per heavy atom. The number of rotatable bonds is 3. The van der Waals surface area contributed by atoms with Crippen LogP contribution in [0.25, 0.3) is 0 Å². The van der Waals surface area contributed by atoms with E-state index >= 15 is 0 Å². The molecule has 1 aromatic carbocycles. The maximum absolute atomic E-state index is 12.9. The van der Waals surface area contributed by atoms with E-state index in [1.54, 1.807) is 0 Å². The van der Waals surface area contributed by atoms with Gasteiger partial charge in [-0.2, -0.15) is 0 Å². The standard InChI is InChI=1S/C9H6ClFN2O2/c1-2-3-12-8-4-6(10)7(11)5-9(8)13(14)15/h1,4-5,12H,3H2. The summed E-state index contributed by atoms with van der Waals surface area (Å²) in [6, 6.07) is 1.88. The molecule has 0 saturated heterocycles. The number of nitrogens with zero attached hydrogens (tertiary/aromatic N) is 1. The van der Waals surface area contributed by atoms with Crippen molar-refractivity contribution >= 4 is 23.0 Å². The first-order valence-corrected chi connectivity index (χ1v) is 4.25. The minimum atomic E-state index is -0.838. The van der Waals surface area contributed by atoms with Crippen molar-refractivity contribution in [1.82, 2.24) is 0 Å². The fourth-order valence-corrected chi connectivity index (χ4v) is 1.14. The first-order chi connectivity index (χ1) is 7.06. The van der Waals surface area contributed by atoms with Gasteiger partial charge in [0.25, 0.3) is 5.69 Å². The molecular weight excluding hydrogens is 223 g/mol. The Bertz CT molecular complexity index is 442. The van der Waals surface area contributed by atoms with Crippen LogP contribution in [0.3, 0.4) is 0 Å². The molecule has 15 heavy (non-hydrogen) atoms. The molecule has 1 rings (SSSR count). The lowest BCUT2D eigenvalue weighted by molar-refractivity contribution is -0.384. The minimum absolute atomic E-state index is 0.100. The van der Waals surface area contributed by atoms with E-state index in [1.807, 2.05) is 0 Å². The maximum Gasteiger partial charge on any atom is 0.295 e. The lowest BCUT2D eigenvalue weighted by Crippen LogP contribution is -2.03. The summed E-state index contributed by atoms with van der Waals surface area (Å²) in [6.07, 6.45) is 4.98. The first kappa shape index (κ1) is 11.3. The van der Waals surface area contributed by atoms with Crippen LogP contribution in [0.2, 0.25) is 5.02 Å². The van der Waals surface area contributed by atoms with Gasteiger partial charge in [-0.05, 0) is 6.07 Å². The number of anilines is 1. The third-order valence-corrected chi connectivity index (χ3v) is 1.91. The van der Waals surface area contributed by atoms with Crippen LogP contribution in [-0.4, -0.2) is 11.5 Å². The van der Waals surface area contributed by atoms with E-state index in [2.05, 4.69) is 11.2 Å². The predicted molar refractivity (Wildman–Crippen MR) is 55.4 cm³/mol. The second-order valence-corrected chi connectivity index (χ2v) is 3.01. The lowest BCUT2D eigenvalue weighted by Gasteiger charge is -2.04. The van der Waals surface area contributed by atoms with Crippen LogP contribution in [0.5, 0.6) is 0 Å². The number of terminal acetylenes is 1. The van der Waals surface area contributed by atoms with Gasteiger partial charge in [0.1, 0.15) is 11.5 Å². The van der Waals surface area contributed by atoms with Crippen LogP contribution in [-0.2, 0) is 0 Å². The van der Waals surface area contributed by atoms with Gasteiger partial charge < -0.3 is 5.32 Å². The number of hydrogen-bond donors (Lipinski definition) is 1. The molecule has 0 heterocycles. The highest BCUT2D eigenvalue weighted by molar-refractivity contribution is 6.31. The van der Waals surface area contributed by atoms with E-state index in [4.69, 9.17) is 18.0 Å². The number of halogens is 2. The number of nitro benzene ring substituents is 1. The molecule has 0 aromatic heterocycles. The zero-order valence-electron chi connectivity index (χ0n) is 7.46. The lowest BCUT2D eigenvalue weighted by atomic mass is 10.2. The molecule has 0 aliphatic carbocycles. The molecule has 0 fully saturated rings. The molecule has 0 bridgehead atoms. The third kappa shape index (κ3) is 2.58. The van der Waals surface area contributed by atoms with Gasteiger partial charge >= 0.3 is 0 Å². The van der Waals surface area contributed by atoms with Crippen LogP contribution in [0.4, 0.5) is 15.8 Å². The van der Waals surface area contributed by atoms with E-state index < -0.39 is 16.4 Å². The van der Waals surface area contributed by atoms with Crippen LogP contribution in [0, 0.1) is 28.3 Å². The summed E-state index contributed by atoms with van der Waals surface area (Å²) in [5, 5.41) is 12.9.